The highest BCUT2D eigenvalue weighted by Crippen LogP contribution is 2.13. The van der Waals surface area contributed by atoms with E-state index in [-0.39, 0.29) is 0 Å². The molecule has 48 valence electrons. The fourth-order valence-electron chi connectivity index (χ4n) is 0.433. The summed E-state index contributed by atoms with van der Waals surface area (Å²) in [6.07, 6.45) is 2.90. The lowest BCUT2D eigenvalue weighted by atomic mass is 10.5. The van der Waals surface area contributed by atoms with Gasteiger partial charge in [-0.25, -0.2) is 6.14 Å². The van der Waals surface area contributed by atoms with Crippen molar-refractivity contribution in [1.82, 2.24) is 4.98 Å². The van der Waals surface area contributed by atoms with Crippen LogP contribution in [0.3, 0.4) is 0 Å². The second-order valence-corrected chi connectivity index (χ2v) is 3.87. The second-order valence-electron chi connectivity index (χ2n) is 1.39. The summed E-state index contributed by atoms with van der Waals surface area (Å²) >= 11 is -3.24. The highest BCUT2D eigenvalue weighted by atomic mass is 127. The van der Waals surface area contributed by atoms with Gasteiger partial charge in [-0.2, -0.15) is 0 Å². The molecule has 9 heavy (non-hydrogen) atoms. The van der Waals surface area contributed by atoms with Gasteiger partial charge in [0.05, 0.1) is 3.57 Å². The first-order valence-electron chi connectivity index (χ1n) is 2.26. The molecule has 0 unspecified atom stereocenters. The molecular formula is C5H4INO2. The van der Waals surface area contributed by atoms with E-state index in [0.29, 0.717) is 3.57 Å². The van der Waals surface area contributed by atoms with Gasteiger partial charge in [0, 0.05) is 12.4 Å². The van der Waals surface area contributed by atoms with Crippen molar-refractivity contribution in [3.05, 3.63) is 28.1 Å². The maximum Gasteiger partial charge on any atom is 0.342 e. The normalized spacial score (nSPS) is 9.89. The van der Waals surface area contributed by atoms with Crippen LogP contribution in [0.1, 0.15) is 0 Å². The minimum Gasteiger partial charge on any atom is -0.263 e. The Kier molecular flexibility index (Phi) is 2.10. The van der Waals surface area contributed by atoms with E-state index in [0.717, 1.165) is 0 Å². The number of pyridine rings is 1. The fourth-order valence-corrected chi connectivity index (χ4v) is 1.32. The number of nitrogens with zero attached hydrogens (tertiary/aromatic N) is 1. The minimum absolute atomic E-state index is 0.349. The quantitative estimate of drug-likeness (QED) is 0.694. The number of hydrogen-bond acceptors (Lipinski definition) is 3. The van der Waals surface area contributed by atoms with Crippen LogP contribution >= 0.6 is 19.8 Å². The molecule has 1 heterocycles. The predicted molar refractivity (Wildman–Crippen MR) is 38.3 cm³/mol. The number of hydrogen-bond donors (Lipinski definition) is 0. The lowest BCUT2D eigenvalue weighted by molar-refractivity contribution is 0.610. The van der Waals surface area contributed by atoms with Crippen molar-refractivity contribution in [3.63, 3.8) is 0 Å². The molecule has 0 N–H and O–H groups in total. The maximum atomic E-state index is 10.3. The van der Waals surface area contributed by atoms with E-state index in [2.05, 4.69) is 4.98 Å². The standard InChI is InChI=1S/C5H4INO2/c8-6(9)5-2-1-3-7-4-5/h1-4H. The molecule has 0 atom stereocenters. The average molecular weight is 237 g/mol. The molecule has 0 fully saturated rings. The highest BCUT2D eigenvalue weighted by Gasteiger charge is 1.93. The summed E-state index contributed by atoms with van der Waals surface area (Å²) in [5.74, 6) is 0. The van der Waals surface area contributed by atoms with Crippen LogP contribution in [0.4, 0.5) is 0 Å². The predicted octanol–water partition coefficient (Wildman–Crippen LogP) is 1.45. The van der Waals surface area contributed by atoms with E-state index in [1.54, 1.807) is 12.3 Å². The summed E-state index contributed by atoms with van der Waals surface area (Å²) in [5, 5.41) is 0. The first-order valence-corrected chi connectivity index (χ1v) is 5.10. The Morgan fingerprint density at radius 1 is 1.44 bits per heavy atom. The molecule has 0 saturated heterocycles. The number of halogens is 1. The van der Waals surface area contributed by atoms with E-state index in [9.17, 15) is 6.14 Å². The fraction of sp³-hybridized carbons (Fsp3) is 0. The molecule has 4 heteroatoms. The van der Waals surface area contributed by atoms with Gasteiger partial charge in [-0.3, -0.25) is 4.98 Å². The van der Waals surface area contributed by atoms with Gasteiger partial charge in [0.2, 0.25) is 0 Å². The minimum atomic E-state index is -3.24. The third-order valence-electron chi connectivity index (χ3n) is 0.804. The van der Waals surface area contributed by atoms with Crippen LogP contribution in [0, 0.1) is 3.57 Å². The van der Waals surface area contributed by atoms with E-state index < -0.39 is 19.8 Å². The molecular weight excluding hydrogens is 233 g/mol. The van der Waals surface area contributed by atoms with Crippen LogP contribution in [0.15, 0.2) is 24.5 Å². The van der Waals surface area contributed by atoms with Gasteiger partial charge in [0.1, 0.15) is 0 Å². The Balaban J connectivity index is 3.13. The lowest BCUT2D eigenvalue weighted by Gasteiger charge is -1.80. The molecule has 1 aromatic rings. The number of rotatable bonds is 1. The molecule has 0 bridgehead atoms. The topological polar surface area (TPSA) is 47.0 Å². The van der Waals surface area contributed by atoms with E-state index in [1.165, 1.54) is 12.3 Å². The molecule has 1 aromatic heterocycles. The molecule has 0 aliphatic heterocycles. The Hall–Kier alpha value is -0.520. The SMILES string of the molecule is O=I(=O)c1cccnc1. The third-order valence-corrected chi connectivity index (χ3v) is 2.46. The smallest absolute Gasteiger partial charge is 0.263 e. The van der Waals surface area contributed by atoms with Crippen molar-refractivity contribution in [2.75, 3.05) is 0 Å². The van der Waals surface area contributed by atoms with Crippen LogP contribution in [-0.2, 0) is 6.14 Å². The Labute approximate surface area is 59.3 Å². The summed E-state index contributed by atoms with van der Waals surface area (Å²) in [4.78, 5) is 3.65. The van der Waals surface area contributed by atoms with Gasteiger partial charge in [-0.05, 0) is 12.1 Å². The van der Waals surface area contributed by atoms with Gasteiger partial charge in [0.25, 0.3) is 0 Å². The summed E-state index contributed by atoms with van der Waals surface area (Å²) in [5.41, 5.74) is 0. The summed E-state index contributed by atoms with van der Waals surface area (Å²) in [6, 6.07) is 3.15. The highest BCUT2D eigenvalue weighted by molar-refractivity contribution is 14.2. The Bertz CT molecular complexity index is 247. The molecule has 0 aliphatic rings. The maximum absolute atomic E-state index is 10.3. The molecule has 1 rings (SSSR count). The van der Waals surface area contributed by atoms with Gasteiger partial charge < -0.3 is 0 Å². The van der Waals surface area contributed by atoms with Crippen molar-refractivity contribution in [1.29, 1.82) is 0 Å². The zero-order valence-electron chi connectivity index (χ0n) is 4.45. The zero-order chi connectivity index (χ0) is 6.69. The van der Waals surface area contributed by atoms with E-state index in [1.807, 2.05) is 0 Å². The third kappa shape index (κ3) is 1.70. The molecule has 0 saturated carbocycles. The van der Waals surface area contributed by atoms with Crippen molar-refractivity contribution in [2.45, 2.75) is 0 Å². The summed E-state index contributed by atoms with van der Waals surface area (Å²) < 4.78 is 20.9. The van der Waals surface area contributed by atoms with Gasteiger partial charge in [-0.1, -0.05) is 0 Å². The average Bonchev–Trinajstić information content (AvgIpc) is 1.90. The molecule has 0 spiro atoms. The van der Waals surface area contributed by atoms with Crippen LogP contribution in [-0.4, -0.2) is 4.98 Å². The molecule has 0 aromatic carbocycles. The monoisotopic (exact) mass is 237 g/mol. The van der Waals surface area contributed by atoms with E-state index in [4.69, 9.17) is 0 Å². The van der Waals surface area contributed by atoms with Crippen molar-refractivity contribution in [2.24, 2.45) is 0 Å². The molecule has 0 amide bonds. The molecule has 3 nitrogen and oxygen atoms in total. The van der Waals surface area contributed by atoms with Crippen LogP contribution < -0.4 is 0 Å². The largest absolute Gasteiger partial charge is 0.342 e. The van der Waals surface area contributed by atoms with Crippen LogP contribution in [0.2, 0.25) is 0 Å². The first-order chi connectivity index (χ1) is 4.30. The number of aromatic nitrogens is 1. The lowest BCUT2D eigenvalue weighted by Crippen LogP contribution is -1.71. The molecule has 0 radical (unpaired) electrons. The van der Waals surface area contributed by atoms with Gasteiger partial charge >= 0.3 is 19.8 Å². The Morgan fingerprint density at radius 3 is 2.56 bits per heavy atom. The first kappa shape index (κ1) is 6.60. The van der Waals surface area contributed by atoms with Crippen molar-refractivity contribution < 1.29 is 6.14 Å². The summed E-state index contributed by atoms with van der Waals surface area (Å²) in [6.45, 7) is 0. The van der Waals surface area contributed by atoms with E-state index >= 15 is 0 Å². The second kappa shape index (κ2) is 2.86. The van der Waals surface area contributed by atoms with Crippen molar-refractivity contribution in [3.8, 4) is 0 Å². The zero-order valence-corrected chi connectivity index (χ0v) is 6.61. The van der Waals surface area contributed by atoms with Crippen molar-refractivity contribution >= 4 is 19.8 Å². The van der Waals surface area contributed by atoms with Gasteiger partial charge in [0.15, 0.2) is 0 Å². The van der Waals surface area contributed by atoms with Crippen LogP contribution in [0.5, 0.6) is 0 Å². The molecule has 0 aliphatic carbocycles. The Morgan fingerprint density at radius 2 is 2.22 bits per heavy atom. The van der Waals surface area contributed by atoms with Gasteiger partial charge in [-0.15, -0.1) is 0 Å². The summed E-state index contributed by atoms with van der Waals surface area (Å²) in [7, 11) is 0. The van der Waals surface area contributed by atoms with Crippen LogP contribution in [0.25, 0.3) is 0 Å².